The fourth-order valence-corrected chi connectivity index (χ4v) is 5.21. The lowest BCUT2D eigenvalue weighted by Gasteiger charge is -2.24. The van der Waals surface area contributed by atoms with Crippen molar-refractivity contribution in [1.82, 2.24) is 19.8 Å². The van der Waals surface area contributed by atoms with Gasteiger partial charge < -0.3 is 14.8 Å². The first-order valence-electron chi connectivity index (χ1n) is 10.8. The first-order chi connectivity index (χ1) is 15.2. The van der Waals surface area contributed by atoms with Gasteiger partial charge in [0.1, 0.15) is 18.4 Å². The second kappa shape index (κ2) is 8.75. The molecule has 1 unspecified atom stereocenters. The highest BCUT2D eigenvalue weighted by Gasteiger charge is 2.35. The van der Waals surface area contributed by atoms with Crippen LogP contribution in [0.2, 0.25) is 0 Å². The van der Waals surface area contributed by atoms with Crippen LogP contribution < -0.4 is 5.32 Å². The van der Waals surface area contributed by atoms with Gasteiger partial charge in [-0.3, -0.25) is 9.59 Å². The minimum atomic E-state index is -0.386. The maximum absolute atomic E-state index is 13.3. The van der Waals surface area contributed by atoms with Crippen LogP contribution >= 0.6 is 11.8 Å². The molecular weight excluding hydrogens is 408 g/mol. The molecule has 3 aromatic rings. The van der Waals surface area contributed by atoms with E-state index in [1.807, 2.05) is 47.0 Å². The minimum absolute atomic E-state index is 0.0229. The van der Waals surface area contributed by atoms with Crippen molar-refractivity contribution >= 4 is 34.6 Å². The average Bonchev–Trinajstić information content (AvgIpc) is 3.38. The van der Waals surface area contributed by atoms with Crippen molar-refractivity contribution in [3.05, 3.63) is 66.0 Å². The fraction of sp³-hybridized carbons (Fsp3) is 0.375. The standard InChI is InChI=1S/C24H26N4O2S/c29-23(28-16-31-15-21(28)24(30)25-13-18-10-11-18)14-27-20-9-5-4-8-19(20)26-22(27)12-17-6-2-1-3-7-17/h1-9,18,21H,10-16H2,(H,25,30). The summed E-state index contributed by atoms with van der Waals surface area (Å²) in [6.45, 7) is 0.922. The Morgan fingerprint density at radius 1 is 1.06 bits per heavy atom. The van der Waals surface area contributed by atoms with E-state index < -0.39 is 0 Å². The maximum Gasteiger partial charge on any atom is 0.243 e. The molecule has 6 nitrogen and oxygen atoms in total. The first kappa shape index (κ1) is 20.1. The molecule has 2 heterocycles. The van der Waals surface area contributed by atoms with E-state index in [2.05, 4.69) is 17.4 Å². The smallest absolute Gasteiger partial charge is 0.243 e. The summed E-state index contributed by atoms with van der Waals surface area (Å²) in [7, 11) is 0. The van der Waals surface area contributed by atoms with E-state index in [1.165, 1.54) is 12.8 Å². The highest BCUT2D eigenvalue weighted by molar-refractivity contribution is 7.99. The minimum Gasteiger partial charge on any atom is -0.354 e. The van der Waals surface area contributed by atoms with Crippen LogP contribution in [0.15, 0.2) is 54.6 Å². The highest BCUT2D eigenvalue weighted by atomic mass is 32.2. The molecule has 1 saturated heterocycles. The van der Waals surface area contributed by atoms with Crippen molar-refractivity contribution in [3.63, 3.8) is 0 Å². The predicted octanol–water partition coefficient (Wildman–Crippen LogP) is 3.05. The largest absolute Gasteiger partial charge is 0.354 e. The van der Waals surface area contributed by atoms with Gasteiger partial charge in [0.2, 0.25) is 11.8 Å². The third kappa shape index (κ3) is 4.46. The number of nitrogens with zero attached hydrogens (tertiary/aromatic N) is 3. The Morgan fingerprint density at radius 3 is 2.65 bits per heavy atom. The number of aromatic nitrogens is 2. The summed E-state index contributed by atoms with van der Waals surface area (Å²) < 4.78 is 2.01. The van der Waals surface area contributed by atoms with Crippen molar-refractivity contribution < 1.29 is 9.59 Å². The molecule has 160 valence electrons. The Bertz CT molecular complexity index is 1090. The van der Waals surface area contributed by atoms with E-state index in [0.29, 0.717) is 24.0 Å². The summed E-state index contributed by atoms with van der Waals surface area (Å²) in [5.41, 5.74) is 2.99. The second-order valence-corrected chi connectivity index (χ2v) is 9.33. The Kier molecular flexibility index (Phi) is 5.68. The van der Waals surface area contributed by atoms with Crippen molar-refractivity contribution in [2.24, 2.45) is 5.92 Å². The number of carbonyl (C=O) groups is 2. The van der Waals surface area contributed by atoms with Gasteiger partial charge in [-0.25, -0.2) is 4.98 Å². The van der Waals surface area contributed by atoms with Crippen LogP contribution in [0, 0.1) is 5.92 Å². The molecule has 0 spiro atoms. The highest BCUT2D eigenvalue weighted by Crippen LogP contribution is 2.28. The SMILES string of the molecule is O=C(NCC1CC1)C1CSCN1C(=O)Cn1c(Cc2ccccc2)nc2ccccc21. The number of rotatable bonds is 7. The number of fused-ring (bicyclic) bond motifs is 1. The number of carbonyl (C=O) groups excluding carboxylic acids is 2. The van der Waals surface area contributed by atoms with Gasteiger partial charge in [0.05, 0.1) is 16.9 Å². The number of imidazole rings is 1. The van der Waals surface area contributed by atoms with Crippen LogP contribution in [0.5, 0.6) is 0 Å². The van der Waals surface area contributed by atoms with Crippen LogP contribution in [-0.2, 0) is 22.6 Å². The zero-order valence-corrected chi connectivity index (χ0v) is 18.2. The van der Waals surface area contributed by atoms with Gasteiger partial charge in [0.25, 0.3) is 0 Å². The molecule has 1 saturated carbocycles. The van der Waals surface area contributed by atoms with Crippen LogP contribution in [0.3, 0.4) is 0 Å². The molecule has 1 N–H and O–H groups in total. The number of thioether (sulfide) groups is 1. The van der Waals surface area contributed by atoms with Gasteiger partial charge in [-0.2, -0.15) is 0 Å². The van der Waals surface area contributed by atoms with Crippen LogP contribution in [0.25, 0.3) is 11.0 Å². The van der Waals surface area contributed by atoms with E-state index in [1.54, 1.807) is 16.7 Å². The summed E-state index contributed by atoms with van der Waals surface area (Å²) in [6, 6.07) is 17.7. The molecule has 2 aromatic carbocycles. The molecule has 1 aliphatic heterocycles. The molecule has 2 fully saturated rings. The third-order valence-corrected chi connectivity index (χ3v) is 7.01. The third-order valence-electron chi connectivity index (χ3n) is 6.00. The lowest BCUT2D eigenvalue weighted by molar-refractivity contribution is -0.138. The molecule has 5 rings (SSSR count). The predicted molar refractivity (Wildman–Crippen MR) is 123 cm³/mol. The van der Waals surface area contributed by atoms with E-state index in [0.717, 1.165) is 29.0 Å². The molecule has 1 aromatic heterocycles. The van der Waals surface area contributed by atoms with E-state index in [-0.39, 0.29) is 24.4 Å². The van der Waals surface area contributed by atoms with Crippen molar-refractivity contribution in [2.75, 3.05) is 18.2 Å². The van der Waals surface area contributed by atoms with Crippen molar-refractivity contribution in [2.45, 2.75) is 31.8 Å². The van der Waals surface area contributed by atoms with Crippen molar-refractivity contribution in [1.29, 1.82) is 0 Å². The van der Waals surface area contributed by atoms with Crippen LogP contribution in [0.1, 0.15) is 24.2 Å². The zero-order valence-electron chi connectivity index (χ0n) is 17.4. The molecule has 0 radical (unpaired) electrons. The maximum atomic E-state index is 13.3. The number of benzene rings is 2. The van der Waals surface area contributed by atoms with Crippen molar-refractivity contribution in [3.8, 4) is 0 Å². The Morgan fingerprint density at radius 2 is 1.84 bits per heavy atom. The molecule has 7 heteroatoms. The van der Waals surface area contributed by atoms with Gasteiger partial charge in [0, 0.05) is 18.7 Å². The van der Waals surface area contributed by atoms with Gasteiger partial charge in [0.15, 0.2) is 0 Å². The van der Waals surface area contributed by atoms with E-state index in [4.69, 9.17) is 4.98 Å². The zero-order chi connectivity index (χ0) is 21.2. The molecule has 1 aliphatic carbocycles. The number of para-hydroxylation sites is 2. The normalized spacial score (nSPS) is 18.5. The topological polar surface area (TPSA) is 67.2 Å². The Hall–Kier alpha value is -2.80. The van der Waals surface area contributed by atoms with Gasteiger partial charge in [-0.05, 0) is 36.5 Å². The fourth-order valence-electron chi connectivity index (χ4n) is 4.03. The monoisotopic (exact) mass is 434 g/mol. The summed E-state index contributed by atoms with van der Waals surface area (Å²) in [5, 5.41) is 3.04. The first-order valence-corrected chi connectivity index (χ1v) is 12.0. The van der Waals surface area contributed by atoms with Gasteiger partial charge in [-0.1, -0.05) is 42.5 Å². The molecular formula is C24H26N4O2S. The molecule has 2 amide bonds. The second-order valence-electron chi connectivity index (χ2n) is 8.33. The quantitative estimate of drug-likeness (QED) is 0.621. The summed E-state index contributed by atoms with van der Waals surface area (Å²) in [4.78, 5) is 32.5. The molecule has 2 aliphatic rings. The van der Waals surface area contributed by atoms with Gasteiger partial charge >= 0.3 is 0 Å². The molecule has 1 atom stereocenters. The van der Waals surface area contributed by atoms with E-state index in [9.17, 15) is 9.59 Å². The van der Waals surface area contributed by atoms with Crippen LogP contribution in [-0.4, -0.2) is 50.5 Å². The summed E-state index contributed by atoms with van der Waals surface area (Å²) in [5.74, 6) is 2.65. The Labute approximate surface area is 186 Å². The number of hydrogen-bond donors (Lipinski definition) is 1. The lowest BCUT2D eigenvalue weighted by atomic mass is 10.1. The van der Waals surface area contributed by atoms with Gasteiger partial charge in [-0.15, -0.1) is 11.8 Å². The molecule has 0 bridgehead atoms. The molecule has 31 heavy (non-hydrogen) atoms. The number of nitrogens with one attached hydrogen (secondary N) is 1. The number of amides is 2. The lowest BCUT2D eigenvalue weighted by Crippen LogP contribution is -2.48. The van der Waals surface area contributed by atoms with E-state index >= 15 is 0 Å². The summed E-state index contributed by atoms with van der Waals surface area (Å²) >= 11 is 1.64. The summed E-state index contributed by atoms with van der Waals surface area (Å²) in [6.07, 6.45) is 3.04. The van der Waals surface area contributed by atoms with Crippen LogP contribution in [0.4, 0.5) is 0 Å². The average molecular weight is 435 g/mol. The number of hydrogen-bond acceptors (Lipinski definition) is 4. The Balaban J connectivity index is 1.36.